The average Bonchev–Trinajstić information content (AvgIpc) is 4.06. The number of ether oxygens (including phenoxy) is 2. The Hall–Kier alpha value is -7.02. The molecule has 5 aromatic carbocycles. The van der Waals surface area contributed by atoms with Gasteiger partial charge in [0, 0.05) is 34.3 Å². The van der Waals surface area contributed by atoms with E-state index in [0.717, 1.165) is 23.3 Å². The lowest BCUT2D eigenvalue weighted by Gasteiger charge is -2.33. The smallest absolute Gasteiger partial charge is 0.497 e. The highest BCUT2D eigenvalue weighted by Crippen LogP contribution is 2.53. The minimum atomic E-state index is -6.03. The van der Waals surface area contributed by atoms with Crippen molar-refractivity contribution in [2.75, 3.05) is 20.5 Å². The van der Waals surface area contributed by atoms with Crippen LogP contribution in [0.3, 0.4) is 0 Å². The first-order valence-electron chi connectivity index (χ1n) is 22.4. The molecule has 0 aromatic heterocycles. The lowest BCUT2D eigenvalue weighted by Crippen LogP contribution is -2.39. The van der Waals surface area contributed by atoms with Gasteiger partial charge in [-0.05, 0) is 95.0 Å². The Labute approximate surface area is 415 Å². The topological polar surface area (TPSA) is 207 Å². The molecule has 9 rings (SSSR count). The number of aliphatic hydroxyl groups is 1. The second-order valence-corrected chi connectivity index (χ2v) is 21.7. The van der Waals surface area contributed by atoms with Gasteiger partial charge in [-0.25, -0.2) is 8.42 Å². The highest BCUT2D eigenvalue weighted by Gasteiger charge is 2.62. The zero-order chi connectivity index (χ0) is 52.6. The number of hydrogen-bond donors (Lipinski definition) is 1. The molecule has 14 nitrogen and oxygen atoms in total. The van der Waals surface area contributed by atoms with Crippen LogP contribution in [0.5, 0.6) is 11.5 Å². The van der Waals surface area contributed by atoms with Crippen LogP contribution in [0.25, 0.3) is 11.6 Å². The molecule has 376 valence electrons. The van der Waals surface area contributed by atoms with Gasteiger partial charge in [0.2, 0.25) is 0 Å². The number of sulfone groups is 1. The zero-order valence-electron chi connectivity index (χ0n) is 39.8. The number of benzene rings is 5. The number of Topliss-reactive ketones (excluding diaryl/α,β-unsaturated/α-hetero) is 1. The molecule has 3 aliphatic carbocycles. The summed E-state index contributed by atoms with van der Waals surface area (Å²) >= 11 is 0. The molecule has 2 fully saturated rings. The van der Waals surface area contributed by atoms with Gasteiger partial charge in [0.05, 0.1) is 37.6 Å². The molecule has 4 aliphatic rings. The molecule has 2 bridgehead atoms. The molecule has 0 spiro atoms. The van der Waals surface area contributed by atoms with Gasteiger partial charge in [0.15, 0.2) is 9.84 Å². The molecule has 1 saturated heterocycles. The fourth-order valence-corrected chi connectivity index (χ4v) is 10.9. The summed E-state index contributed by atoms with van der Waals surface area (Å²) in [6, 6.07) is 38.2. The van der Waals surface area contributed by atoms with Gasteiger partial charge in [0.1, 0.15) is 11.5 Å². The van der Waals surface area contributed by atoms with Crippen molar-refractivity contribution in [1.29, 1.82) is 0 Å². The van der Waals surface area contributed by atoms with Gasteiger partial charge in [-0.3, -0.25) is 14.4 Å². The Kier molecular flexibility index (Phi) is 14.8. The van der Waals surface area contributed by atoms with E-state index in [1.807, 2.05) is 36.4 Å². The fraction of sp³-hybridized carbons (Fsp3) is 0.283. The Morgan fingerprint density at radius 3 is 1.54 bits per heavy atom. The summed E-state index contributed by atoms with van der Waals surface area (Å²) in [6.45, 7) is 6.80. The molecular formula is C53H50F3N3O11S2. The average molecular weight is 1030 g/mol. The summed E-state index contributed by atoms with van der Waals surface area (Å²) < 4.78 is 96.0. The summed E-state index contributed by atoms with van der Waals surface area (Å²) in [4.78, 5) is 38.5. The Bertz CT molecular complexity index is 3160. The van der Waals surface area contributed by atoms with Crippen molar-refractivity contribution in [2.45, 2.75) is 55.0 Å². The predicted octanol–water partition coefficient (Wildman–Crippen LogP) is 8.42. The van der Waals surface area contributed by atoms with E-state index in [0.29, 0.717) is 12.0 Å². The number of hydrogen-bond acceptors (Lipinski definition) is 11. The number of methoxy groups -OCH3 is 2. The predicted molar refractivity (Wildman–Crippen MR) is 260 cm³/mol. The van der Waals surface area contributed by atoms with Crippen molar-refractivity contribution in [3.05, 3.63) is 184 Å². The molecule has 19 heteroatoms. The van der Waals surface area contributed by atoms with Crippen molar-refractivity contribution >= 4 is 49.3 Å². The summed E-state index contributed by atoms with van der Waals surface area (Å²) in [5.41, 5.74) is 9.83. The largest absolute Gasteiger partial charge is 0.525 e. The first kappa shape index (κ1) is 52.8. The van der Waals surface area contributed by atoms with Gasteiger partial charge >= 0.3 is 21.3 Å². The maximum absolute atomic E-state index is 12.2. The van der Waals surface area contributed by atoms with Gasteiger partial charge in [-0.15, -0.1) is 9.35 Å². The minimum Gasteiger partial charge on any atom is -0.497 e. The van der Waals surface area contributed by atoms with Crippen LogP contribution in [0.15, 0.2) is 138 Å². The van der Waals surface area contributed by atoms with Gasteiger partial charge in [0.25, 0.3) is 17.6 Å². The quantitative estimate of drug-likeness (QED) is 0.0332. The van der Waals surface area contributed by atoms with Crippen molar-refractivity contribution in [2.24, 2.45) is 23.7 Å². The maximum atomic E-state index is 12.2. The Balaban J connectivity index is 0.000000173. The normalized spacial score (nSPS) is 19.2. The van der Waals surface area contributed by atoms with E-state index in [1.165, 1.54) is 58.2 Å². The number of carbonyl (C=O) groups is 3. The number of fused-ring (bicyclic) bond motifs is 6. The van der Waals surface area contributed by atoms with E-state index in [4.69, 9.17) is 15.0 Å². The minimum absolute atomic E-state index is 0.0602. The number of amides is 2. The van der Waals surface area contributed by atoms with E-state index in [9.17, 15) is 49.5 Å². The highest BCUT2D eigenvalue weighted by atomic mass is 32.2. The standard InChI is InChI=1S/C32H34O3.C11H8N2O3S.C10H8F3NO5S/c1-31(2,24-8-6-23(22-33)7-9-24)25-10-12-26(13-11-25)32(3,27-14-18-29(34-4)19-15-27)28-16-20-30(35-5)21-17-28;1-17(15,16)10-4-2-3-8-7(10)5-6-9(13-12)11(8)14;11-10(12,13)20(17,18)19-14-8(15)6-4-1-2-5(3-4)7(6)9(14)16/h6-21,33H,22H2,1-5H3;2-6H,1H3;1-2,4-7H,3H2. The molecule has 0 radical (unpaired) electrons. The van der Waals surface area contributed by atoms with Crippen LogP contribution in [-0.4, -0.2) is 81.1 Å². The van der Waals surface area contributed by atoms with Gasteiger partial charge < -0.3 is 20.1 Å². The first-order valence-corrected chi connectivity index (χ1v) is 25.7. The zero-order valence-corrected chi connectivity index (χ0v) is 41.5. The summed E-state index contributed by atoms with van der Waals surface area (Å²) in [5.74, 6) is -2.98. The SMILES string of the molecule is COc1ccc(C(C)(c2ccc(OC)cc2)c2ccc(C(C)(C)c3ccc(CO)cc3)cc2)cc1.CS(=O)(=O)c1cccc2c1C=CC(=[N+]=[N-])C2=O.O=C1C2C3C=CC(C3)C2C(=O)N1OS(=O)(=O)C(F)(F)F. The molecule has 4 unspecified atom stereocenters. The monoisotopic (exact) mass is 1030 g/mol. The number of hydroxylamine groups is 2. The second-order valence-electron chi connectivity index (χ2n) is 18.2. The van der Waals surface area contributed by atoms with Crippen molar-refractivity contribution in [1.82, 2.24) is 5.06 Å². The highest BCUT2D eigenvalue weighted by molar-refractivity contribution is 7.90. The third kappa shape index (κ3) is 10.1. The van der Waals surface area contributed by atoms with Crippen molar-refractivity contribution in [3.8, 4) is 11.5 Å². The number of rotatable bonds is 11. The van der Waals surface area contributed by atoms with E-state index >= 15 is 0 Å². The summed E-state index contributed by atoms with van der Waals surface area (Å²) in [6.07, 6.45) is 7.85. The number of halogens is 3. The number of nitrogens with zero attached hydrogens (tertiary/aromatic N) is 3. The van der Waals surface area contributed by atoms with Crippen LogP contribution >= 0.6 is 0 Å². The molecule has 2 amide bonds. The summed E-state index contributed by atoms with van der Waals surface area (Å²) in [7, 11) is -6.05. The van der Waals surface area contributed by atoms with Gasteiger partial charge in [-0.1, -0.05) is 111 Å². The van der Waals surface area contributed by atoms with E-state index in [-0.39, 0.29) is 50.5 Å². The number of imide groups is 1. The van der Waals surface area contributed by atoms with Crippen LogP contribution in [0.2, 0.25) is 0 Å². The van der Waals surface area contributed by atoms with Gasteiger partial charge in [-0.2, -0.15) is 26.4 Å². The van der Waals surface area contributed by atoms with Crippen molar-refractivity contribution in [3.63, 3.8) is 0 Å². The second kappa shape index (κ2) is 20.2. The fourth-order valence-electron chi connectivity index (χ4n) is 9.54. The lowest BCUT2D eigenvalue weighted by atomic mass is 9.70. The molecular weight excluding hydrogens is 976 g/mol. The van der Waals surface area contributed by atoms with E-state index < -0.39 is 54.9 Å². The number of alkyl halides is 3. The lowest BCUT2D eigenvalue weighted by molar-refractivity contribution is -0.169. The molecule has 1 N–H and O–H groups in total. The van der Waals surface area contributed by atoms with Crippen molar-refractivity contribution < 1.29 is 68.0 Å². The molecule has 1 aliphatic heterocycles. The van der Waals surface area contributed by atoms with E-state index in [1.54, 1.807) is 26.4 Å². The first-order chi connectivity index (χ1) is 33.9. The maximum Gasteiger partial charge on any atom is 0.525 e. The number of aliphatic hydroxyl groups excluding tert-OH is 1. The van der Waals surface area contributed by atoms with E-state index in [2.05, 4.69) is 90.5 Å². The number of carbonyl (C=O) groups excluding carboxylic acids is 3. The Morgan fingerprint density at radius 2 is 1.12 bits per heavy atom. The molecule has 5 aromatic rings. The Morgan fingerprint density at radius 1 is 0.681 bits per heavy atom. The third-order valence-corrected chi connectivity index (χ3v) is 15.8. The van der Waals surface area contributed by atoms with Crippen LogP contribution in [-0.2, 0) is 51.3 Å². The molecule has 1 heterocycles. The van der Waals surface area contributed by atoms with Crippen LogP contribution in [0.4, 0.5) is 13.2 Å². The molecule has 4 atom stereocenters. The summed E-state index contributed by atoms with van der Waals surface area (Å²) in [5, 5.41) is 9.14. The molecule has 72 heavy (non-hydrogen) atoms. The van der Waals surface area contributed by atoms with Crippen LogP contribution in [0.1, 0.15) is 76.5 Å². The van der Waals surface area contributed by atoms with Crippen LogP contribution in [0, 0.1) is 23.7 Å². The number of allylic oxidation sites excluding steroid dienone is 3. The molecule has 1 saturated carbocycles. The third-order valence-electron chi connectivity index (χ3n) is 13.7. The number of ketones is 1. The van der Waals surface area contributed by atoms with Crippen LogP contribution < -0.4 is 9.47 Å².